The van der Waals surface area contributed by atoms with Crippen LogP contribution >= 0.6 is 11.6 Å². The topological polar surface area (TPSA) is 91.4 Å². The molecule has 2 aromatic carbocycles. The van der Waals surface area contributed by atoms with Crippen LogP contribution in [0.5, 0.6) is 5.75 Å². The lowest BCUT2D eigenvalue weighted by Crippen LogP contribution is -2.61. The number of hydrogen-bond donors (Lipinski definition) is 1. The molecule has 4 heterocycles. The molecule has 11 heteroatoms. The number of amides is 1. The zero-order chi connectivity index (χ0) is 37.0. The number of aryl methyl sites for hydroxylation is 1. The van der Waals surface area contributed by atoms with Crippen LogP contribution in [-0.2, 0) is 26.6 Å². The molecule has 2 aromatic rings. The van der Waals surface area contributed by atoms with E-state index < -0.39 is 26.8 Å². The Morgan fingerprint density at radius 2 is 1.89 bits per heavy atom. The van der Waals surface area contributed by atoms with E-state index in [0.717, 1.165) is 87.8 Å². The maximum atomic E-state index is 13.7. The van der Waals surface area contributed by atoms with E-state index in [9.17, 15) is 13.2 Å². The highest BCUT2D eigenvalue weighted by Gasteiger charge is 2.50. The Kier molecular flexibility index (Phi) is 10.4. The van der Waals surface area contributed by atoms with Crippen LogP contribution in [0, 0.1) is 17.8 Å². The lowest BCUT2D eigenvalue weighted by Gasteiger charge is -2.53. The van der Waals surface area contributed by atoms with Crippen LogP contribution in [0.4, 0.5) is 5.69 Å². The fraction of sp³-hybridized carbons (Fsp3) is 0.643. The number of nitrogens with zero attached hydrogens (tertiary/aromatic N) is 3. The number of piperazine rings is 1. The van der Waals surface area contributed by atoms with Crippen LogP contribution in [0.25, 0.3) is 0 Å². The minimum Gasteiger partial charge on any atom is -0.490 e. The van der Waals surface area contributed by atoms with Gasteiger partial charge in [-0.3, -0.25) is 14.6 Å². The lowest BCUT2D eigenvalue weighted by atomic mass is 9.63. The Balaban J connectivity index is 1.19. The zero-order valence-electron chi connectivity index (χ0n) is 31.7. The number of rotatable bonds is 3. The zero-order valence-corrected chi connectivity index (χ0v) is 33.3. The Labute approximate surface area is 321 Å². The van der Waals surface area contributed by atoms with Gasteiger partial charge in [-0.15, -0.1) is 0 Å². The van der Waals surface area contributed by atoms with Crippen LogP contribution in [0.1, 0.15) is 86.7 Å². The van der Waals surface area contributed by atoms with Crippen molar-refractivity contribution in [3.8, 4) is 5.75 Å². The van der Waals surface area contributed by atoms with Crippen LogP contribution in [-0.4, -0.2) is 101 Å². The van der Waals surface area contributed by atoms with Crippen molar-refractivity contribution < 1.29 is 22.7 Å². The molecule has 1 saturated carbocycles. The quantitative estimate of drug-likeness (QED) is 0.358. The summed E-state index contributed by atoms with van der Waals surface area (Å²) in [6, 6.07) is 12.3. The number of piperidine rings is 1. The molecule has 1 N–H and O–H groups in total. The Morgan fingerprint density at radius 3 is 2.70 bits per heavy atom. The van der Waals surface area contributed by atoms with E-state index in [1.165, 1.54) is 36.9 Å². The first-order chi connectivity index (χ1) is 25.5. The molecule has 8 rings (SSSR count). The molecule has 7 unspecified atom stereocenters. The second kappa shape index (κ2) is 14.8. The standard InChI is InChI=1S/C42H57ClN4O5S/c1-29-8-6-18-42(51-3,27-45-20-21-46-19-5-4-10-35(46)25-45)37-14-11-33(37)24-47-26-41(17-7-9-31-22-34(43)13-15-36(31)41)28-52-39-16-12-32(23-38(39)47)40(48)44-53(49,50)30(29)2/h6,12-13,15-16,18,22-23,29-30,33,35,37H,4-5,7-11,14,17,19-21,24-28H2,1-3H3,(H,44,48). The monoisotopic (exact) mass is 764 g/mol. The van der Waals surface area contributed by atoms with E-state index >= 15 is 0 Å². The highest BCUT2D eigenvalue weighted by molar-refractivity contribution is 7.90. The number of halogens is 1. The summed E-state index contributed by atoms with van der Waals surface area (Å²) in [5.74, 6) is 0.551. The number of carbonyl (C=O) groups excluding carboxylic acids is 1. The molecule has 2 bridgehead atoms. The number of anilines is 1. The van der Waals surface area contributed by atoms with Crippen LogP contribution in [0.15, 0.2) is 48.6 Å². The molecule has 2 saturated heterocycles. The third-order valence-electron chi connectivity index (χ3n) is 14.0. The molecule has 4 aliphatic heterocycles. The molecule has 9 nitrogen and oxygen atoms in total. The predicted molar refractivity (Wildman–Crippen MR) is 211 cm³/mol. The molecule has 1 spiro atoms. The number of benzene rings is 2. The number of methoxy groups -OCH3 is 1. The number of carbonyl (C=O) groups is 1. The number of sulfonamides is 1. The van der Waals surface area contributed by atoms with Gasteiger partial charge in [-0.2, -0.15) is 0 Å². The molecule has 7 atom stereocenters. The molecule has 6 aliphatic rings. The SMILES string of the molecule is COC1(CN2CCN3CCCCC3C2)C=CCC(C)C(C)S(=O)(=O)NC(=O)c2ccc3c(c2)N(CC2CCC21)CC1(CCCc2cc(Cl)ccc21)CO3. The first-order valence-corrected chi connectivity index (χ1v) is 22.0. The van der Waals surface area contributed by atoms with Crippen LogP contribution in [0.2, 0.25) is 5.02 Å². The minimum absolute atomic E-state index is 0.206. The third-order valence-corrected chi connectivity index (χ3v) is 16.2. The number of allylic oxidation sites excluding steroid dienone is 1. The van der Waals surface area contributed by atoms with Gasteiger partial charge in [0.1, 0.15) is 11.4 Å². The predicted octanol–water partition coefficient (Wildman–Crippen LogP) is 6.44. The average molecular weight is 765 g/mol. The van der Waals surface area contributed by atoms with Crippen molar-refractivity contribution in [2.24, 2.45) is 17.8 Å². The van der Waals surface area contributed by atoms with Crippen LogP contribution < -0.4 is 14.4 Å². The van der Waals surface area contributed by atoms with E-state index in [1.807, 2.05) is 32.2 Å². The van der Waals surface area contributed by atoms with Crippen LogP contribution in [0.3, 0.4) is 0 Å². The molecule has 0 aromatic heterocycles. The highest BCUT2D eigenvalue weighted by Crippen LogP contribution is 2.49. The van der Waals surface area contributed by atoms with Crippen molar-refractivity contribution in [3.63, 3.8) is 0 Å². The van der Waals surface area contributed by atoms with Gasteiger partial charge in [-0.1, -0.05) is 43.2 Å². The molecule has 2 aliphatic carbocycles. The number of hydrogen-bond acceptors (Lipinski definition) is 8. The lowest BCUT2D eigenvalue weighted by molar-refractivity contribution is -0.100. The summed E-state index contributed by atoms with van der Waals surface area (Å²) in [7, 11) is -2.07. The van der Waals surface area contributed by atoms with E-state index in [0.29, 0.717) is 30.6 Å². The summed E-state index contributed by atoms with van der Waals surface area (Å²) >= 11 is 6.51. The van der Waals surface area contributed by atoms with E-state index in [2.05, 4.69) is 43.7 Å². The number of fused-ring (bicyclic) bond motifs is 5. The van der Waals surface area contributed by atoms with Gasteiger partial charge in [-0.25, -0.2) is 13.1 Å². The highest BCUT2D eigenvalue weighted by atomic mass is 35.5. The van der Waals surface area contributed by atoms with Gasteiger partial charge >= 0.3 is 0 Å². The summed E-state index contributed by atoms with van der Waals surface area (Å²) in [6.07, 6.45) is 14.1. The third kappa shape index (κ3) is 7.16. The summed E-state index contributed by atoms with van der Waals surface area (Å²) < 4.78 is 43.2. The minimum atomic E-state index is -3.95. The first kappa shape index (κ1) is 37.3. The van der Waals surface area contributed by atoms with Crippen molar-refractivity contribution in [2.45, 2.75) is 93.9 Å². The van der Waals surface area contributed by atoms with E-state index in [-0.39, 0.29) is 17.3 Å². The molecular formula is C42H57ClN4O5S. The van der Waals surface area contributed by atoms with Gasteiger partial charge in [0.2, 0.25) is 10.0 Å². The van der Waals surface area contributed by atoms with Gasteiger partial charge in [0.25, 0.3) is 5.91 Å². The van der Waals surface area contributed by atoms with Gasteiger partial charge in [-0.05, 0) is 124 Å². The van der Waals surface area contributed by atoms with Gasteiger partial charge < -0.3 is 14.4 Å². The Morgan fingerprint density at radius 1 is 1.02 bits per heavy atom. The van der Waals surface area contributed by atoms with E-state index in [1.54, 1.807) is 13.0 Å². The maximum absolute atomic E-state index is 13.7. The smallest absolute Gasteiger partial charge is 0.264 e. The Hall–Kier alpha value is -2.63. The maximum Gasteiger partial charge on any atom is 0.264 e. The van der Waals surface area contributed by atoms with Gasteiger partial charge in [0.05, 0.1) is 17.5 Å². The molecule has 3 fully saturated rings. The van der Waals surface area contributed by atoms with Crippen molar-refractivity contribution in [1.29, 1.82) is 0 Å². The van der Waals surface area contributed by atoms with Crippen molar-refractivity contribution in [2.75, 3.05) is 64.4 Å². The summed E-state index contributed by atoms with van der Waals surface area (Å²) in [4.78, 5) is 21.4. The van der Waals surface area contributed by atoms with E-state index in [4.69, 9.17) is 21.1 Å². The molecular weight excluding hydrogens is 708 g/mol. The molecule has 288 valence electrons. The fourth-order valence-corrected chi connectivity index (χ4v) is 12.0. The Bertz CT molecular complexity index is 1840. The average Bonchev–Trinajstić information content (AvgIpc) is 3.28. The number of nitrogens with one attached hydrogen (secondary N) is 1. The normalized spacial score (nSPS) is 34.8. The number of ether oxygens (including phenoxy) is 2. The van der Waals surface area contributed by atoms with Gasteiger partial charge in [0.15, 0.2) is 0 Å². The summed E-state index contributed by atoms with van der Waals surface area (Å²) in [5.41, 5.74) is 2.97. The molecule has 1 amide bonds. The van der Waals surface area contributed by atoms with Crippen molar-refractivity contribution in [1.82, 2.24) is 14.5 Å². The largest absolute Gasteiger partial charge is 0.490 e. The van der Waals surface area contributed by atoms with Crippen molar-refractivity contribution in [3.05, 3.63) is 70.3 Å². The summed E-state index contributed by atoms with van der Waals surface area (Å²) in [5, 5.41) is -0.0127. The molecule has 53 heavy (non-hydrogen) atoms. The van der Waals surface area contributed by atoms with Crippen molar-refractivity contribution >= 4 is 33.2 Å². The second-order valence-electron chi connectivity index (χ2n) is 17.1. The summed E-state index contributed by atoms with van der Waals surface area (Å²) in [6.45, 7) is 10.9. The van der Waals surface area contributed by atoms with Gasteiger partial charge in [0, 0.05) is 68.4 Å². The first-order valence-electron chi connectivity index (χ1n) is 20.1. The second-order valence-corrected chi connectivity index (χ2v) is 19.6. The molecule has 0 radical (unpaired) electrons. The fourth-order valence-electron chi connectivity index (χ4n) is 10.5.